The monoisotopic (exact) mass is 407 g/mol. The smallest absolute Gasteiger partial charge is 0.250 e. The van der Waals surface area contributed by atoms with E-state index in [0.717, 1.165) is 22.6 Å². The third-order valence-electron chi connectivity index (χ3n) is 5.66. The second-order valence-electron chi connectivity index (χ2n) is 7.88. The summed E-state index contributed by atoms with van der Waals surface area (Å²) in [5, 5.41) is 4.51. The molecule has 7 heteroatoms. The molecule has 0 bridgehead atoms. The molecule has 0 aliphatic carbocycles. The second-order valence-corrected chi connectivity index (χ2v) is 7.88. The van der Waals surface area contributed by atoms with Crippen LogP contribution in [0.5, 0.6) is 0 Å². The number of hydrogen-bond acceptors (Lipinski definition) is 3. The molecular weight excluding hydrogens is 384 g/mol. The van der Waals surface area contributed by atoms with Gasteiger partial charge in [0.25, 0.3) is 5.92 Å². The summed E-state index contributed by atoms with van der Waals surface area (Å²) in [6.45, 7) is 2.05. The maximum absolute atomic E-state index is 13.5. The highest BCUT2D eigenvalue weighted by Crippen LogP contribution is 2.29. The number of imidazole rings is 1. The maximum Gasteiger partial charge on any atom is 0.250 e. The molecule has 30 heavy (non-hydrogen) atoms. The third kappa shape index (κ3) is 3.85. The van der Waals surface area contributed by atoms with E-state index in [0.29, 0.717) is 26.2 Å². The minimum atomic E-state index is -2.54. The Balaban J connectivity index is 1.42. The summed E-state index contributed by atoms with van der Waals surface area (Å²) < 4.78 is 31.0. The zero-order chi connectivity index (χ0) is 20.6. The molecule has 1 saturated heterocycles. The predicted molar refractivity (Wildman–Crippen MR) is 111 cm³/mol. The highest BCUT2D eigenvalue weighted by Gasteiger charge is 2.34. The van der Waals surface area contributed by atoms with Crippen molar-refractivity contribution in [2.45, 2.75) is 31.9 Å². The van der Waals surface area contributed by atoms with Crippen molar-refractivity contribution >= 4 is 5.52 Å². The van der Waals surface area contributed by atoms with Crippen LogP contribution in [0.1, 0.15) is 24.1 Å². The molecular formula is C23H23F2N5. The van der Waals surface area contributed by atoms with Crippen molar-refractivity contribution in [1.29, 1.82) is 0 Å². The number of halogens is 2. The van der Waals surface area contributed by atoms with Gasteiger partial charge in [-0.2, -0.15) is 5.10 Å². The lowest BCUT2D eigenvalue weighted by atomic mass is 10.1. The Hall–Kier alpha value is -3.06. The number of alkyl halides is 2. The van der Waals surface area contributed by atoms with Crippen LogP contribution in [0, 0.1) is 0 Å². The van der Waals surface area contributed by atoms with Crippen LogP contribution in [0.2, 0.25) is 0 Å². The van der Waals surface area contributed by atoms with Crippen LogP contribution in [-0.4, -0.2) is 43.1 Å². The van der Waals surface area contributed by atoms with E-state index in [2.05, 4.69) is 26.5 Å². The maximum atomic E-state index is 13.5. The van der Waals surface area contributed by atoms with Crippen LogP contribution in [-0.2, 0) is 13.1 Å². The Morgan fingerprint density at radius 2 is 1.70 bits per heavy atom. The highest BCUT2D eigenvalue weighted by molar-refractivity contribution is 5.64. The van der Waals surface area contributed by atoms with Crippen LogP contribution in [0.3, 0.4) is 0 Å². The number of aromatic nitrogens is 4. The van der Waals surface area contributed by atoms with Gasteiger partial charge in [0.05, 0.1) is 29.5 Å². The fraction of sp³-hybridized carbons (Fsp3) is 0.304. The lowest BCUT2D eigenvalue weighted by Crippen LogP contribution is -2.38. The Morgan fingerprint density at radius 1 is 0.933 bits per heavy atom. The van der Waals surface area contributed by atoms with Crippen molar-refractivity contribution < 1.29 is 8.78 Å². The van der Waals surface area contributed by atoms with Crippen LogP contribution < -0.4 is 0 Å². The lowest BCUT2D eigenvalue weighted by molar-refractivity contribution is -0.0567. The van der Waals surface area contributed by atoms with E-state index in [1.165, 1.54) is 5.56 Å². The van der Waals surface area contributed by atoms with Crippen molar-refractivity contribution in [2.75, 3.05) is 13.1 Å². The summed E-state index contributed by atoms with van der Waals surface area (Å²) in [6.07, 6.45) is 5.64. The van der Waals surface area contributed by atoms with E-state index < -0.39 is 5.92 Å². The van der Waals surface area contributed by atoms with Crippen molar-refractivity contribution in [2.24, 2.45) is 0 Å². The van der Waals surface area contributed by atoms with Gasteiger partial charge in [0.15, 0.2) is 0 Å². The second kappa shape index (κ2) is 7.65. The molecule has 0 N–H and O–H groups in total. The average Bonchev–Trinajstić information content (AvgIpc) is 3.35. The average molecular weight is 407 g/mol. The van der Waals surface area contributed by atoms with Gasteiger partial charge in [0.1, 0.15) is 5.82 Å². The number of benzene rings is 1. The predicted octanol–water partition coefficient (Wildman–Crippen LogP) is 4.48. The van der Waals surface area contributed by atoms with Crippen molar-refractivity contribution in [3.63, 3.8) is 0 Å². The number of rotatable bonds is 5. The largest absolute Gasteiger partial charge is 0.299 e. The molecule has 5 rings (SSSR count). The normalized spacial score (nSPS) is 16.9. The van der Waals surface area contributed by atoms with Crippen LogP contribution >= 0.6 is 0 Å². The molecule has 5 nitrogen and oxygen atoms in total. The van der Waals surface area contributed by atoms with E-state index >= 15 is 0 Å². The molecule has 1 aliphatic rings. The minimum Gasteiger partial charge on any atom is -0.299 e. The van der Waals surface area contributed by atoms with Gasteiger partial charge >= 0.3 is 0 Å². The van der Waals surface area contributed by atoms with Gasteiger partial charge < -0.3 is 0 Å². The first-order valence-corrected chi connectivity index (χ1v) is 10.2. The summed E-state index contributed by atoms with van der Waals surface area (Å²) in [5.74, 6) is -1.71. The van der Waals surface area contributed by atoms with Crippen LogP contribution in [0.15, 0.2) is 67.1 Å². The number of piperidine rings is 1. The topological polar surface area (TPSA) is 38.4 Å². The Bertz CT molecular complexity index is 1140. The standard InChI is InChI=1S/C23H23F2N5/c24-23(25)9-12-28(13-10-23)17-20-21-8-4-5-11-30(21)22(27-20)19-14-26-29(16-19)15-18-6-2-1-3-7-18/h1-8,11,14,16H,9-10,12-13,15,17H2. The van der Waals surface area contributed by atoms with Crippen molar-refractivity contribution in [1.82, 2.24) is 24.1 Å². The SMILES string of the molecule is FC1(F)CCN(Cc2nc(-c3cnn(Cc4ccccc4)c3)n3ccccc23)CC1. The molecule has 1 fully saturated rings. The molecule has 4 heterocycles. The van der Waals surface area contributed by atoms with E-state index in [9.17, 15) is 8.78 Å². The molecule has 3 aromatic heterocycles. The van der Waals surface area contributed by atoms with Crippen LogP contribution in [0.4, 0.5) is 8.78 Å². The first-order chi connectivity index (χ1) is 14.6. The number of nitrogens with zero attached hydrogens (tertiary/aromatic N) is 5. The van der Waals surface area contributed by atoms with Gasteiger partial charge in [0.2, 0.25) is 0 Å². The molecule has 1 aliphatic heterocycles. The summed E-state index contributed by atoms with van der Waals surface area (Å²) in [5.41, 5.74) is 4.03. The number of hydrogen-bond donors (Lipinski definition) is 0. The molecule has 4 aromatic rings. The summed E-state index contributed by atoms with van der Waals surface area (Å²) in [7, 11) is 0. The van der Waals surface area contributed by atoms with E-state index in [4.69, 9.17) is 4.98 Å². The van der Waals surface area contributed by atoms with E-state index in [-0.39, 0.29) is 12.8 Å². The van der Waals surface area contributed by atoms with Crippen LogP contribution in [0.25, 0.3) is 16.9 Å². The van der Waals surface area contributed by atoms with Gasteiger partial charge in [-0.1, -0.05) is 36.4 Å². The zero-order valence-electron chi connectivity index (χ0n) is 16.6. The number of pyridine rings is 1. The Kier molecular flexibility index (Phi) is 4.83. The van der Waals surface area contributed by atoms with Gasteiger partial charge in [-0.05, 0) is 17.7 Å². The van der Waals surface area contributed by atoms with Gasteiger partial charge in [-0.25, -0.2) is 13.8 Å². The first kappa shape index (κ1) is 18.9. The van der Waals surface area contributed by atoms with Gasteiger partial charge in [0, 0.05) is 44.9 Å². The molecule has 154 valence electrons. The molecule has 0 unspecified atom stereocenters. The van der Waals surface area contributed by atoms with Gasteiger partial charge in [-0.15, -0.1) is 0 Å². The third-order valence-corrected chi connectivity index (χ3v) is 5.66. The van der Waals surface area contributed by atoms with E-state index in [1.54, 1.807) is 0 Å². The lowest BCUT2D eigenvalue weighted by Gasteiger charge is -2.31. The Morgan fingerprint density at radius 3 is 2.50 bits per heavy atom. The van der Waals surface area contributed by atoms with Crippen molar-refractivity contribution in [3.8, 4) is 11.4 Å². The van der Waals surface area contributed by atoms with E-state index in [1.807, 2.05) is 59.7 Å². The molecule has 0 saturated carbocycles. The summed E-state index contributed by atoms with van der Waals surface area (Å²) >= 11 is 0. The molecule has 0 radical (unpaired) electrons. The molecule has 0 spiro atoms. The fourth-order valence-corrected chi connectivity index (χ4v) is 4.01. The number of fused-ring (bicyclic) bond motifs is 1. The first-order valence-electron chi connectivity index (χ1n) is 10.2. The molecule has 0 atom stereocenters. The Labute approximate surface area is 173 Å². The summed E-state index contributed by atoms with van der Waals surface area (Å²) in [6, 6.07) is 16.2. The molecule has 0 amide bonds. The molecule has 1 aromatic carbocycles. The quantitative estimate of drug-likeness (QED) is 0.490. The number of likely N-dealkylation sites (tertiary alicyclic amines) is 1. The summed E-state index contributed by atoms with van der Waals surface area (Å²) in [4.78, 5) is 6.96. The van der Waals surface area contributed by atoms with Crippen molar-refractivity contribution in [3.05, 3.63) is 78.4 Å². The zero-order valence-corrected chi connectivity index (χ0v) is 16.6. The fourth-order valence-electron chi connectivity index (χ4n) is 4.01. The highest BCUT2D eigenvalue weighted by atomic mass is 19.3. The van der Waals surface area contributed by atoms with Gasteiger partial charge in [-0.3, -0.25) is 14.0 Å². The minimum absolute atomic E-state index is 0.0854.